The first kappa shape index (κ1) is 18.8. The molecule has 10 heteroatoms. The second-order valence-corrected chi connectivity index (χ2v) is 7.56. The lowest BCUT2D eigenvalue weighted by Gasteiger charge is -2.03. The number of nitro groups is 1. The fourth-order valence-corrected chi connectivity index (χ4v) is 3.68. The van der Waals surface area contributed by atoms with E-state index >= 15 is 0 Å². The number of carbonyl (C=O) groups excluding carboxylic acids is 1. The van der Waals surface area contributed by atoms with Gasteiger partial charge in [0.25, 0.3) is 5.69 Å². The lowest BCUT2D eigenvalue weighted by Crippen LogP contribution is -2.14. The number of hydrogen-bond acceptors (Lipinski definition) is 8. The number of hydrogen-bond donors (Lipinski definition) is 2. The van der Waals surface area contributed by atoms with Gasteiger partial charge in [-0.3, -0.25) is 14.9 Å². The van der Waals surface area contributed by atoms with Crippen molar-refractivity contribution in [3.05, 3.63) is 70.3 Å². The molecule has 3 rings (SSSR count). The maximum Gasteiger partial charge on any atom is 0.271 e. The molecular formula is C17H15N5O3S2. The molecule has 1 heterocycles. The lowest BCUT2D eigenvalue weighted by atomic mass is 10.2. The quantitative estimate of drug-likeness (QED) is 0.336. The molecule has 2 N–H and O–H groups in total. The number of rotatable bonds is 8. The zero-order chi connectivity index (χ0) is 19.1. The van der Waals surface area contributed by atoms with Gasteiger partial charge in [0.2, 0.25) is 11.0 Å². The van der Waals surface area contributed by atoms with E-state index in [1.165, 1.54) is 41.3 Å². The number of aromatic nitrogens is 2. The average molecular weight is 401 g/mol. The van der Waals surface area contributed by atoms with Gasteiger partial charge in [0.05, 0.1) is 10.7 Å². The van der Waals surface area contributed by atoms with Crippen LogP contribution in [0, 0.1) is 10.1 Å². The third-order valence-corrected chi connectivity index (χ3v) is 5.37. The van der Waals surface area contributed by atoms with E-state index in [0.717, 1.165) is 5.56 Å². The van der Waals surface area contributed by atoms with Crippen LogP contribution in [0.3, 0.4) is 0 Å². The lowest BCUT2D eigenvalue weighted by molar-refractivity contribution is -0.384. The maximum atomic E-state index is 12.0. The summed E-state index contributed by atoms with van der Waals surface area (Å²) in [4.78, 5) is 22.3. The van der Waals surface area contributed by atoms with Crippen molar-refractivity contribution in [1.29, 1.82) is 0 Å². The van der Waals surface area contributed by atoms with E-state index in [1.807, 2.05) is 30.3 Å². The molecule has 3 aromatic rings. The van der Waals surface area contributed by atoms with Crippen molar-refractivity contribution in [3.8, 4) is 0 Å². The van der Waals surface area contributed by atoms with Crippen LogP contribution in [0.2, 0.25) is 0 Å². The third-order valence-electron chi connectivity index (χ3n) is 3.36. The van der Waals surface area contributed by atoms with E-state index in [2.05, 4.69) is 20.8 Å². The summed E-state index contributed by atoms with van der Waals surface area (Å²) in [7, 11) is 0. The molecule has 0 radical (unpaired) electrons. The van der Waals surface area contributed by atoms with Crippen molar-refractivity contribution < 1.29 is 9.72 Å². The van der Waals surface area contributed by atoms with E-state index < -0.39 is 4.92 Å². The fraction of sp³-hybridized carbons (Fsp3) is 0.118. The van der Waals surface area contributed by atoms with Crippen molar-refractivity contribution >= 4 is 45.5 Å². The van der Waals surface area contributed by atoms with Crippen LogP contribution in [0.25, 0.3) is 0 Å². The van der Waals surface area contributed by atoms with Crippen molar-refractivity contribution in [2.75, 3.05) is 16.4 Å². The Bertz CT molecular complexity index is 933. The molecule has 0 fully saturated rings. The Balaban J connectivity index is 1.47. The van der Waals surface area contributed by atoms with Gasteiger partial charge in [0, 0.05) is 24.4 Å². The Morgan fingerprint density at radius 3 is 2.74 bits per heavy atom. The largest absolute Gasteiger partial charge is 0.356 e. The molecule has 0 atom stereocenters. The van der Waals surface area contributed by atoms with E-state index in [-0.39, 0.29) is 17.3 Å². The Kier molecular flexibility index (Phi) is 6.34. The second kappa shape index (κ2) is 9.10. The molecule has 0 aliphatic rings. The van der Waals surface area contributed by atoms with Crippen LogP contribution in [-0.2, 0) is 11.3 Å². The Labute approximate surface area is 163 Å². The van der Waals surface area contributed by atoms with Gasteiger partial charge >= 0.3 is 0 Å². The smallest absolute Gasteiger partial charge is 0.271 e. The van der Waals surface area contributed by atoms with Crippen molar-refractivity contribution in [1.82, 2.24) is 10.2 Å². The van der Waals surface area contributed by atoms with Gasteiger partial charge in [-0.1, -0.05) is 59.5 Å². The standard InChI is InChI=1S/C17H15N5O3S2/c23-15(19-13-7-4-8-14(9-13)22(24)25)11-26-17-21-20-16(27-17)18-10-12-5-2-1-3-6-12/h1-9H,10-11H2,(H,18,20)(H,19,23). The van der Waals surface area contributed by atoms with Crippen LogP contribution in [-0.4, -0.2) is 26.8 Å². The van der Waals surface area contributed by atoms with E-state index in [4.69, 9.17) is 0 Å². The number of non-ortho nitro benzene ring substituents is 1. The molecule has 0 spiro atoms. The van der Waals surface area contributed by atoms with E-state index in [0.29, 0.717) is 21.7 Å². The van der Waals surface area contributed by atoms with E-state index in [9.17, 15) is 14.9 Å². The SMILES string of the molecule is O=C(CSc1nnc(NCc2ccccc2)s1)Nc1cccc([N+](=O)[O-])c1. The number of carbonyl (C=O) groups is 1. The summed E-state index contributed by atoms with van der Waals surface area (Å²) in [6, 6.07) is 15.7. The van der Waals surface area contributed by atoms with Crippen molar-refractivity contribution in [2.45, 2.75) is 10.9 Å². The topological polar surface area (TPSA) is 110 Å². The summed E-state index contributed by atoms with van der Waals surface area (Å²) in [5, 5.41) is 25.4. The maximum absolute atomic E-state index is 12.0. The summed E-state index contributed by atoms with van der Waals surface area (Å²) >= 11 is 2.63. The number of amides is 1. The molecule has 27 heavy (non-hydrogen) atoms. The molecule has 8 nitrogen and oxygen atoms in total. The highest BCUT2D eigenvalue weighted by atomic mass is 32.2. The zero-order valence-electron chi connectivity index (χ0n) is 14.0. The highest BCUT2D eigenvalue weighted by molar-refractivity contribution is 8.01. The number of thioether (sulfide) groups is 1. The normalized spacial score (nSPS) is 10.4. The Morgan fingerprint density at radius 1 is 1.15 bits per heavy atom. The van der Waals surface area contributed by atoms with Gasteiger partial charge in [0.15, 0.2) is 4.34 Å². The molecule has 1 aromatic heterocycles. The molecule has 0 aliphatic carbocycles. The first-order chi connectivity index (χ1) is 13.1. The second-order valence-electron chi connectivity index (χ2n) is 5.36. The molecule has 138 valence electrons. The summed E-state index contributed by atoms with van der Waals surface area (Å²) in [5.41, 5.74) is 1.45. The minimum atomic E-state index is -0.504. The molecule has 0 bridgehead atoms. The molecule has 0 aliphatic heterocycles. The average Bonchev–Trinajstić information content (AvgIpc) is 3.14. The number of nitrogens with zero attached hydrogens (tertiary/aromatic N) is 3. The summed E-state index contributed by atoms with van der Waals surface area (Å²) < 4.78 is 0.666. The zero-order valence-corrected chi connectivity index (χ0v) is 15.6. The van der Waals surface area contributed by atoms with Crippen molar-refractivity contribution in [2.24, 2.45) is 0 Å². The molecule has 0 saturated heterocycles. The molecular weight excluding hydrogens is 386 g/mol. The molecule has 2 aromatic carbocycles. The minimum Gasteiger partial charge on any atom is -0.356 e. The number of nitro benzene ring substituents is 1. The van der Waals surface area contributed by atoms with Crippen molar-refractivity contribution in [3.63, 3.8) is 0 Å². The highest BCUT2D eigenvalue weighted by Crippen LogP contribution is 2.26. The van der Waals surface area contributed by atoms with E-state index in [1.54, 1.807) is 6.07 Å². The minimum absolute atomic E-state index is 0.0706. The number of nitrogens with one attached hydrogen (secondary N) is 2. The van der Waals surface area contributed by atoms with Crippen LogP contribution < -0.4 is 10.6 Å². The first-order valence-corrected chi connectivity index (χ1v) is 9.69. The highest BCUT2D eigenvalue weighted by Gasteiger charge is 2.10. The van der Waals surface area contributed by atoms with Gasteiger partial charge in [0.1, 0.15) is 0 Å². The van der Waals surface area contributed by atoms with Crippen LogP contribution in [0.5, 0.6) is 0 Å². The van der Waals surface area contributed by atoms with Crippen LogP contribution in [0.15, 0.2) is 58.9 Å². The fourth-order valence-electron chi connectivity index (χ4n) is 2.13. The summed E-state index contributed by atoms with van der Waals surface area (Å²) in [6.45, 7) is 0.646. The van der Waals surface area contributed by atoms with Gasteiger partial charge in [-0.25, -0.2) is 0 Å². The van der Waals surface area contributed by atoms with Gasteiger partial charge in [-0.15, -0.1) is 10.2 Å². The van der Waals surface area contributed by atoms with Gasteiger partial charge in [-0.2, -0.15) is 0 Å². The molecule has 0 unspecified atom stereocenters. The number of benzene rings is 2. The first-order valence-electron chi connectivity index (χ1n) is 7.88. The Morgan fingerprint density at radius 2 is 1.96 bits per heavy atom. The Hall–Kier alpha value is -2.98. The van der Waals surface area contributed by atoms with Gasteiger partial charge < -0.3 is 10.6 Å². The molecule has 0 saturated carbocycles. The summed E-state index contributed by atoms with van der Waals surface area (Å²) in [6.07, 6.45) is 0. The van der Waals surface area contributed by atoms with Crippen LogP contribution in [0.1, 0.15) is 5.56 Å². The third kappa shape index (κ3) is 5.76. The van der Waals surface area contributed by atoms with Crippen LogP contribution in [0.4, 0.5) is 16.5 Å². The monoisotopic (exact) mass is 401 g/mol. The summed E-state index contributed by atoms with van der Waals surface area (Å²) in [5.74, 6) is -0.134. The van der Waals surface area contributed by atoms with Gasteiger partial charge in [-0.05, 0) is 11.6 Å². The molecule has 1 amide bonds. The predicted octanol–water partition coefficient (Wildman–Crippen LogP) is 3.79. The predicted molar refractivity (Wildman–Crippen MR) is 106 cm³/mol. The number of anilines is 2. The van der Waals surface area contributed by atoms with Crippen LogP contribution >= 0.6 is 23.1 Å².